The predicted molar refractivity (Wildman–Crippen MR) is 140 cm³/mol. The van der Waals surface area contributed by atoms with Crippen molar-refractivity contribution < 1.29 is 0 Å². The van der Waals surface area contributed by atoms with Gasteiger partial charge in [0.1, 0.15) is 0 Å². The first kappa shape index (κ1) is 20.5. The molecule has 0 aliphatic heterocycles. The normalized spacial score (nSPS) is 21.5. The smallest absolute Gasteiger partial charge is 0.0159 e. The summed E-state index contributed by atoms with van der Waals surface area (Å²) < 4.78 is 0. The zero-order valence-corrected chi connectivity index (χ0v) is 19.2. The molecule has 3 aromatic rings. The van der Waals surface area contributed by atoms with Crippen molar-refractivity contribution in [3.63, 3.8) is 0 Å². The Morgan fingerprint density at radius 2 is 1.69 bits per heavy atom. The summed E-state index contributed by atoms with van der Waals surface area (Å²) >= 11 is 0. The highest BCUT2D eigenvalue weighted by Crippen LogP contribution is 2.48. The maximum absolute atomic E-state index is 4.07. The topological polar surface area (TPSA) is 0 Å². The largest absolute Gasteiger partial charge is 0.0984 e. The van der Waals surface area contributed by atoms with E-state index >= 15 is 0 Å². The minimum absolute atomic E-state index is 0.0116. The van der Waals surface area contributed by atoms with Gasteiger partial charge in [-0.15, -0.1) is 0 Å². The van der Waals surface area contributed by atoms with E-state index in [1.165, 1.54) is 50.1 Å². The van der Waals surface area contributed by atoms with E-state index in [1.807, 2.05) is 6.08 Å². The molecule has 158 valence electrons. The first-order valence-electron chi connectivity index (χ1n) is 11.5. The standard InChI is InChI=1S/C32H30/c1-5-25-16-14-23-18-22(2)10-6-7-11-26(29(25)20-23)19-24-15-17-28-27-12-8-9-13-30(27)32(3,4)31(28)21-24/h5-17,19-22H,1,18H2,2-4H3/b10-6+,11-7-,26-19+. The van der Waals surface area contributed by atoms with Gasteiger partial charge in [0, 0.05) is 5.41 Å². The van der Waals surface area contributed by atoms with Crippen LogP contribution in [0.2, 0.25) is 0 Å². The second-order valence-corrected chi connectivity index (χ2v) is 9.63. The fourth-order valence-corrected chi connectivity index (χ4v) is 5.22. The van der Waals surface area contributed by atoms with Crippen molar-refractivity contribution in [1.29, 1.82) is 0 Å². The molecule has 2 bridgehead atoms. The van der Waals surface area contributed by atoms with Crippen LogP contribution in [0.1, 0.15) is 54.2 Å². The minimum atomic E-state index is 0.0116. The lowest BCUT2D eigenvalue weighted by Gasteiger charge is -2.21. The van der Waals surface area contributed by atoms with Crippen LogP contribution in [0.5, 0.6) is 0 Å². The quantitative estimate of drug-likeness (QED) is 0.394. The highest BCUT2D eigenvalue weighted by molar-refractivity contribution is 5.92. The number of allylic oxidation sites excluding steroid dienone is 5. The van der Waals surface area contributed by atoms with Crippen molar-refractivity contribution in [2.75, 3.05) is 0 Å². The molecule has 0 N–H and O–H groups in total. The molecular weight excluding hydrogens is 384 g/mol. The van der Waals surface area contributed by atoms with Gasteiger partial charge in [-0.25, -0.2) is 0 Å². The highest BCUT2D eigenvalue weighted by Gasteiger charge is 2.34. The van der Waals surface area contributed by atoms with Crippen LogP contribution in [-0.4, -0.2) is 0 Å². The van der Waals surface area contributed by atoms with E-state index in [0.29, 0.717) is 5.92 Å². The summed E-state index contributed by atoms with van der Waals surface area (Å²) in [6.07, 6.45) is 14.2. The number of benzene rings is 3. The summed E-state index contributed by atoms with van der Waals surface area (Å²) in [5.74, 6) is 0.521. The van der Waals surface area contributed by atoms with Crippen LogP contribution in [0.25, 0.3) is 28.9 Å². The van der Waals surface area contributed by atoms with E-state index < -0.39 is 0 Å². The van der Waals surface area contributed by atoms with Crippen LogP contribution < -0.4 is 0 Å². The van der Waals surface area contributed by atoms with Crippen molar-refractivity contribution in [2.45, 2.75) is 32.6 Å². The summed E-state index contributed by atoms with van der Waals surface area (Å²) in [4.78, 5) is 0. The van der Waals surface area contributed by atoms with Gasteiger partial charge in [0.15, 0.2) is 0 Å². The zero-order valence-electron chi connectivity index (χ0n) is 19.2. The van der Waals surface area contributed by atoms with Gasteiger partial charge in [-0.05, 0) is 68.5 Å². The maximum Gasteiger partial charge on any atom is 0.0159 e. The van der Waals surface area contributed by atoms with E-state index in [0.717, 1.165) is 6.42 Å². The zero-order chi connectivity index (χ0) is 22.3. The van der Waals surface area contributed by atoms with Crippen LogP contribution in [0.4, 0.5) is 0 Å². The maximum atomic E-state index is 4.07. The van der Waals surface area contributed by atoms with Crippen LogP contribution >= 0.6 is 0 Å². The van der Waals surface area contributed by atoms with Crippen LogP contribution in [-0.2, 0) is 11.8 Å². The first-order valence-corrected chi connectivity index (χ1v) is 11.5. The Labute approximate surface area is 192 Å². The molecular formula is C32H30. The van der Waals surface area contributed by atoms with Crippen LogP contribution in [0, 0.1) is 5.92 Å². The van der Waals surface area contributed by atoms with Gasteiger partial charge in [-0.2, -0.15) is 0 Å². The summed E-state index contributed by atoms with van der Waals surface area (Å²) in [7, 11) is 0. The van der Waals surface area contributed by atoms with E-state index in [-0.39, 0.29) is 5.41 Å². The Bertz CT molecular complexity index is 1290. The number of hydrogen-bond donors (Lipinski definition) is 0. The van der Waals surface area contributed by atoms with Crippen molar-refractivity contribution in [3.05, 3.63) is 125 Å². The third-order valence-corrected chi connectivity index (χ3v) is 6.96. The molecule has 5 rings (SSSR count). The van der Waals surface area contributed by atoms with Crippen molar-refractivity contribution >= 4 is 17.7 Å². The minimum Gasteiger partial charge on any atom is -0.0984 e. The molecule has 1 atom stereocenters. The van der Waals surface area contributed by atoms with Crippen molar-refractivity contribution in [2.24, 2.45) is 5.92 Å². The van der Waals surface area contributed by atoms with Crippen molar-refractivity contribution in [1.82, 2.24) is 0 Å². The molecule has 0 amide bonds. The number of hydrogen-bond acceptors (Lipinski definition) is 0. The summed E-state index contributed by atoms with van der Waals surface area (Å²) in [6, 6.07) is 22.5. The molecule has 0 heterocycles. The van der Waals surface area contributed by atoms with E-state index in [1.54, 1.807) is 0 Å². The fourth-order valence-electron chi connectivity index (χ4n) is 5.22. The lowest BCUT2D eigenvalue weighted by Crippen LogP contribution is -2.14. The molecule has 32 heavy (non-hydrogen) atoms. The molecule has 3 aromatic carbocycles. The van der Waals surface area contributed by atoms with Crippen molar-refractivity contribution in [3.8, 4) is 11.1 Å². The molecule has 0 radical (unpaired) electrons. The highest BCUT2D eigenvalue weighted by atomic mass is 14.4. The fraction of sp³-hybridized carbons (Fsp3) is 0.188. The monoisotopic (exact) mass is 414 g/mol. The molecule has 0 aromatic heterocycles. The average Bonchev–Trinajstić information content (AvgIpc) is 3.02. The van der Waals surface area contributed by atoms with Gasteiger partial charge in [0.25, 0.3) is 0 Å². The SMILES string of the molecule is C=Cc1ccc2cc1C(=C/c1ccc3c(c1)C(C)(C)c1ccccc1-3)/C=C\C=C\C(C)C2. The number of fused-ring (bicyclic) bond motifs is 5. The van der Waals surface area contributed by atoms with Crippen LogP contribution in [0.3, 0.4) is 0 Å². The van der Waals surface area contributed by atoms with Gasteiger partial charge in [0.05, 0.1) is 0 Å². The van der Waals surface area contributed by atoms with Gasteiger partial charge in [0.2, 0.25) is 0 Å². The van der Waals surface area contributed by atoms with Gasteiger partial charge >= 0.3 is 0 Å². The number of rotatable bonds is 2. The molecule has 0 fully saturated rings. The van der Waals surface area contributed by atoms with E-state index in [9.17, 15) is 0 Å². The first-order chi connectivity index (χ1) is 15.5. The molecule has 2 aliphatic carbocycles. The molecule has 2 aliphatic rings. The second kappa shape index (κ2) is 7.95. The Balaban J connectivity index is 1.65. The third kappa shape index (κ3) is 3.50. The predicted octanol–water partition coefficient (Wildman–Crippen LogP) is 8.48. The van der Waals surface area contributed by atoms with Gasteiger partial charge in [-0.1, -0.05) is 118 Å². The molecule has 0 heteroatoms. The Morgan fingerprint density at radius 3 is 2.53 bits per heavy atom. The Hall–Kier alpha value is -3.38. The third-order valence-electron chi connectivity index (χ3n) is 6.96. The second-order valence-electron chi connectivity index (χ2n) is 9.63. The summed E-state index contributed by atoms with van der Waals surface area (Å²) in [6.45, 7) is 11.0. The Kier molecular flexibility index (Phi) is 5.10. The Morgan fingerprint density at radius 1 is 0.875 bits per heavy atom. The molecule has 1 unspecified atom stereocenters. The van der Waals surface area contributed by atoms with E-state index in [2.05, 4.69) is 118 Å². The van der Waals surface area contributed by atoms with Crippen LogP contribution in [0.15, 0.2) is 91.5 Å². The lowest BCUT2D eigenvalue weighted by molar-refractivity contribution is 0.660. The summed E-state index contributed by atoms with van der Waals surface area (Å²) in [5.41, 5.74) is 11.8. The molecule has 0 spiro atoms. The summed E-state index contributed by atoms with van der Waals surface area (Å²) in [5, 5.41) is 0. The average molecular weight is 415 g/mol. The molecule has 0 nitrogen and oxygen atoms in total. The van der Waals surface area contributed by atoms with Gasteiger partial charge < -0.3 is 0 Å². The molecule has 0 saturated carbocycles. The molecule has 0 saturated heterocycles. The van der Waals surface area contributed by atoms with E-state index in [4.69, 9.17) is 0 Å². The lowest BCUT2D eigenvalue weighted by atomic mass is 9.82. The van der Waals surface area contributed by atoms with Gasteiger partial charge in [-0.3, -0.25) is 0 Å².